The van der Waals surface area contributed by atoms with Crippen molar-refractivity contribution >= 4 is 11.6 Å². The van der Waals surface area contributed by atoms with E-state index in [1.807, 2.05) is 48.5 Å². The molecule has 2 heterocycles. The lowest BCUT2D eigenvalue weighted by Crippen LogP contribution is -2.32. The average Bonchev–Trinajstić information content (AvgIpc) is 3.39. The number of amides is 1. The van der Waals surface area contributed by atoms with E-state index in [4.69, 9.17) is 18.9 Å². The van der Waals surface area contributed by atoms with Crippen LogP contribution in [0.4, 0.5) is 5.69 Å². The van der Waals surface area contributed by atoms with E-state index in [0.29, 0.717) is 46.4 Å². The van der Waals surface area contributed by atoms with Gasteiger partial charge in [-0.2, -0.15) is 5.10 Å². The minimum Gasteiger partial charge on any atom is -0.497 e. The monoisotopic (exact) mass is 499 g/mol. The molecule has 1 aliphatic heterocycles. The summed E-state index contributed by atoms with van der Waals surface area (Å²) in [7, 11) is 3.19. The molecule has 0 fully saturated rings. The molecule has 0 radical (unpaired) electrons. The quantitative estimate of drug-likeness (QED) is 0.393. The first kappa shape index (κ1) is 23.9. The van der Waals surface area contributed by atoms with Crippen molar-refractivity contribution in [3.05, 3.63) is 94.3 Å². The van der Waals surface area contributed by atoms with Gasteiger partial charge in [-0.3, -0.25) is 9.59 Å². The van der Waals surface area contributed by atoms with E-state index in [2.05, 4.69) is 10.4 Å². The summed E-state index contributed by atoms with van der Waals surface area (Å²) >= 11 is 0. The van der Waals surface area contributed by atoms with E-state index in [-0.39, 0.29) is 18.9 Å². The van der Waals surface area contributed by atoms with E-state index in [1.54, 1.807) is 38.5 Å². The molecule has 9 heteroatoms. The fourth-order valence-electron chi connectivity index (χ4n) is 4.05. The summed E-state index contributed by atoms with van der Waals surface area (Å²) in [6.45, 7) is -0.122. The van der Waals surface area contributed by atoms with Crippen molar-refractivity contribution in [3.63, 3.8) is 0 Å². The van der Waals surface area contributed by atoms with Gasteiger partial charge in [0, 0.05) is 29.3 Å². The number of benzene rings is 3. The topological polar surface area (TPSA) is 101 Å². The van der Waals surface area contributed by atoms with Crippen LogP contribution in [0, 0.1) is 0 Å². The number of methoxy groups -OCH3 is 2. The molecule has 188 valence electrons. The highest BCUT2D eigenvalue weighted by molar-refractivity contribution is 5.91. The lowest BCUT2D eigenvalue weighted by atomic mass is 10.0. The van der Waals surface area contributed by atoms with Gasteiger partial charge in [-0.05, 0) is 60.2 Å². The maximum atomic E-state index is 13.4. The van der Waals surface area contributed by atoms with E-state index in [9.17, 15) is 9.59 Å². The van der Waals surface area contributed by atoms with Gasteiger partial charge in [0.05, 0.1) is 19.9 Å². The Morgan fingerprint density at radius 2 is 1.73 bits per heavy atom. The zero-order valence-electron chi connectivity index (χ0n) is 20.4. The summed E-state index contributed by atoms with van der Waals surface area (Å²) in [6.07, 6.45) is 0.353. The molecule has 1 N–H and O–H groups in total. The van der Waals surface area contributed by atoms with Gasteiger partial charge in [0.2, 0.25) is 12.7 Å². The molecular weight excluding hydrogens is 474 g/mol. The molecule has 0 bridgehead atoms. The lowest BCUT2D eigenvalue weighted by molar-refractivity contribution is -0.117. The summed E-state index contributed by atoms with van der Waals surface area (Å²) in [5.41, 5.74) is 2.95. The van der Waals surface area contributed by atoms with Crippen LogP contribution in [-0.2, 0) is 17.8 Å². The van der Waals surface area contributed by atoms with Crippen LogP contribution in [0.1, 0.15) is 11.1 Å². The number of aromatic nitrogens is 2. The highest BCUT2D eigenvalue weighted by Gasteiger charge is 2.17. The van der Waals surface area contributed by atoms with Crippen molar-refractivity contribution in [2.75, 3.05) is 26.3 Å². The number of nitrogens with zero attached hydrogens (tertiary/aromatic N) is 2. The summed E-state index contributed by atoms with van der Waals surface area (Å²) in [6, 6.07) is 21.7. The van der Waals surface area contributed by atoms with Gasteiger partial charge in [-0.1, -0.05) is 12.1 Å². The van der Waals surface area contributed by atoms with Gasteiger partial charge >= 0.3 is 0 Å². The Balaban J connectivity index is 1.46. The normalized spacial score (nSPS) is 11.7. The second kappa shape index (κ2) is 10.4. The maximum absolute atomic E-state index is 13.4. The van der Waals surface area contributed by atoms with Crippen molar-refractivity contribution in [2.24, 2.45) is 0 Å². The Kier molecular flexibility index (Phi) is 6.76. The second-order valence-electron chi connectivity index (χ2n) is 8.39. The van der Waals surface area contributed by atoms with Gasteiger partial charge in [0.15, 0.2) is 11.5 Å². The minimum atomic E-state index is -0.396. The van der Waals surface area contributed by atoms with Gasteiger partial charge in [-0.25, -0.2) is 4.68 Å². The third-order valence-corrected chi connectivity index (χ3v) is 5.91. The van der Waals surface area contributed by atoms with Crippen LogP contribution < -0.4 is 29.8 Å². The number of hydrogen-bond donors (Lipinski definition) is 1. The van der Waals surface area contributed by atoms with Gasteiger partial charge in [0.25, 0.3) is 5.56 Å². The molecule has 0 spiro atoms. The zero-order valence-corrected chi connectivity index (χ0v) is 20.4. The highest BCUT2D eigenvalue weighted by Crippen LogP contribution is 2.34. The molecule has 0 saturated carbocycles. The fraction of sp³-hybridized carbons (Fsp3) is 0.179. The smallest absolute Gasteiger partial charge is 0.270 e. The summed E-state index contributed by atoms with van der Waals surface area (Å²) in [5.74, 6) is 2.18. The molecule has 5 rings (SSSR count). The molecular formula is C28H25N3O6. The van der Waals surface area contributed by atoms with Crippen LogP contribution in [0.3, 0.4) is 0 Å². The average molecular weight is 500 g/mol. The predicted octanol–water partition coefficient (Wildman–Crippen LogP) is 3.89. The fourth-order valence-corrected chi connectivity index (χ4v) is 4.05. The maximum Gasteiger partial charge on any atom is 0.270 e. The molecule has 0 atom stereocenters. The molecule has 0 aliphatic carbocycles. The van der Waals surface area contributed by atoms with Crippen molar-refractivity contribution in [1.82, 2.24) is 9.78 Å². The minimum absolute atomic E-state index is 0.139. The molecule has 37 heavy (non-hydrogen) atoms. The molecule has 9 nitrogen and oxygen atoms in total. The molecule has 4 aromatic rings. The van der Waals surface area contributed by atoms with Crippen LogP contribution in [0.5, 0.6) is 23.0 Å². The van der Waals surface area contributed by atoms with Crippen molar-refractivity contribution in [2.45, 2.75) is 13.0 Å². The Morgan fingerprint density at radius 1 is 0.946 bits per heavy atom. The molecule has 0 unspecified atom stereocenters. The van der Waals surface area contributed by atoms with E-state index < -0.39 is 5.91 Å². The van der Waals surface area contributed by atoms with Crippen LogP contribution in [0.15, 0.2) is 77.6 Å². The summed E-state index contributed by atoms with van der Waals surface area (Å²) < 4.78 is 22.4. The first-order valence-electron chi connectivity index (χ1n) is 11.6. The Bertz CT molecular complexity index is 1500. The summed E-state index contributed by atoms with van der Waals surface area (Å²) in [5, 5.41) is 7.31. The van der Waals surface area contributed by atoms with Crippen LogP contribution >= 0.6 is 0 Å². The highest BCUT2D eigenvalue weighted by atomic mass is 16.7. The van der Waals surface area contributed by atoms with Gasteiger partial charge in [-0.15, -0.1) is 0 Å². The largest absolute Gasteiger partial charge is 0.497 e. The van der Waals surface area contributed by atoms with Crippen molar-refractivity contribution in [3.8, 4) is 34.3 Å². The van der Waals surface area contributed by atoms with Gasteiger partial charge < -0.3 is 24.3 Å². The molecule has 1 amide bonds. The number of carbonyl (C=O) groups excluding carboxylic acids is 1. The number of ether oxygens (including phenoxy) is 4. The lowest BCUT2D eigenvalue weighted by Gasteiger charge is -2.12. The Hall–Kier alpha value is -4.79. The van der Waals surface area contributed by atoms with Crippen LogP contribution in [0.2, 0.25) is 0 Å². The van der Waals surface area contributed by atoms with E-state index in [1.165, 1.54) is 4.68 Å². The SMILES string of the molecule is COc1ccc(-c2cc(Cc3cccc(OC)c3)c(=O)n(CC(=O)Nc3ccc4c(c3)OCO4)n2)cc1. The number of rotatable bonds is 8. The molecule has 1 aliphatic rings. The number of nitrogens with one attached hydrogen (secondary N) is 1. The number of hydrogen-bond acceptors (Lipinski definition) is 7. The van der Waals surface area contributed by atoms with Crippen LogP contribution in [0.25, 0.3) is 11.3 Å². The third-order valence-electron chi connectivity index (χ3n) is 5.91. The Labute approximate surface area is 213 Å². The number of fused-ring (bicyclic) bond motifs is 1. The number of anilines is 1. The molecule has 1 aromatic heterocycles. The third kappa shape index (κ3) is 5.40. The molecule has 0 saturated heterocycles. The summed E-state index contributed by atoms with van der Waals surface area (Å²) in [4.78, 5) is 26.3. The zero-order chi connectivity index (χ0) is 25.8. The number of carbonyl (C=O) groups is 1. The van der Waals surface area contributed by atoms with E-state index >= 15 is 0 Å². The Morgan fingerprint density at radius 3 is 2.51 bits per heavy atom. The standard InChI is InChI=1S/C28H25N3O6/c1-34-22-9-6-19(7-10-22)24-14-20(12-18-4-3-5-23(13-18)35-2)28(33)31(30-24)16-27(32)29-21-8-11-25-26(15-21)37-17-36-25/h3-11,13-15H,12,16-17H2,1-2H3,(H,29,32). The van der Waals surface area contributed by atoms with Crippen LogP contribution in [-0.4, -0.2) is 36.7 Å². The molecule has 3 aromatic carbocycles. The second-order valence-corrected chi connectivity index (χ2v) is 8.39. The van der Waals surface area contributed by atoms with Crippen molar-refractivity contribution in [1.29, 1.82) is 0 Å². The van der Waals surface area contributed by atoms with Gasteiger partial charge in [0.1, 0.15) is 18.0 Å². The van der Waals surface area contributed by atoms with Crippen molar-refractivity contribution < 1.29 is 23.7 Å². The first-order valence-corrected chi connectivity index (χ1v) is 11.6. The predicted molar refractivity (Wildman–Crippen MR) is 137 cm³/mol. The van der Waals surface area contributed by atoms with E-state index in [0.717, 1.165) is 11.1 Å². The first-order chi connectivity index (χ1) is 18.0.